The zero-order valence-corrected chi connectivity index (χ0v) is 15.9. The van der Waals surface area contributed by atoms with E-state index < -0.39 is 10.0 Å². The molecule has 3 rings (SSSR count). The third-order valence-electron chi connectivity index (χ3n) is 4.94. The van der Waals surface area contributed by atoms with Gasteiger partial charge < -0.3 is 16.0 Å². The van der Waals surface area contributed by atoms with Crippen molar-refractivity contribution in [2.45, 2.75) is 31.7 Å². The fraction of sp³-hybridized carbons (Fsp3) is 0.647. The standard InChI is InChI=1S/C17H28N6O2S/c18-17(21-15-5-1-2-6-15)20-9-14-26(24,25)23-12-10-22(11-13-23)16-7-3-4-8-19-16/h3-4,7-8,15H,1-2,5-6,9-14H2,(H3,18,20,21). The smallest absolute Gasteiger partial charge is 0.216 e. The van der Waals surface area contributed by atoms with E-state index in [0.29, 0.717) is 38.2 Å². The maximum absolute atomic E-state index is 12.5. The van der Waals surface area contributed by atoms with Crippen molar-refractivity contribution < 1.29 is 8.42 Å². The molecule has 1 aromatic rings. The molecule has 0 aromatic carbocycles. The molecule has 0 bridgehead atoms. The summed E-state index contributed by atoms with van der Waals surface area (Å²) in [7, 11) is -3.32. The highest BCUT2D eigenvalue weighted by Gasteiger charge is 2.27. The van der Waals surface area contributed by atoms with E-state index in [1.807, 2.05) is 18.2 Å². The Balaban J connectivity index is 1.45. The fourth-order valence-corrected chi connectivity index (χ4v) is 4.77. The number of sulfonamides is 1. The molecule has 1 saturated heterocycles. The van der Waals surface area contributed by atoms with Gasteiger partial charge in [0.2, 0.25) is 10.0 Å². The number of nitrogens with zero attached hydrogens (tertiary/aromatic N) is 4. The summed E-state index contributed by atoms with van der Waals surface area (Å²) in [5, 5.41) is 3.17. The van der Waals surface area contributed by atoms with Gasteiger partial charge in [0.1, 0.15) is 5.82 Å². The van der Waals surface area contributed by atoms with Crippen LogP contribution in [-0.4, -0.2) is 68.2 Å². The molecular formula is C17H28N6O2S. The first-order valence-corrected chi connectivity index (χ1v) is 10.9. The van der Waals surface area contributed by atoms with E-state index in [0.717, 1.165) is 18.7 Å². The van der Waals surface area contributed by atoms with Crippen molar-refractivity contribution in [3.8, 4) is 0 Å². The Bertz CT molecular complexity index is 695. The van der Waals surface area contributed by atoms with Crippen LogP contribution in [0, 0.1) is 0 Å². The molecule has 0 unspecified atom stereocenters. The third-order valence-corrected chi connectivity index (χ3v) is 6.79. The Morgan fingerprint density at radius 3 is 2.62 bits per heavy atom. The Morgan fingerprint density at radius 2 is 1.96 bits per heavy atom. The largest absolute Gasteiger partial charge is 0.370 e. The van der Waals surface area contributed by atoms with Crippen molar-refractivity contribution in [3.05, 3.63) is 24.4 Å². The lowest BCUT2D eigenvalue weighted by Crippen LogP contribution is -2.49. The number of aromatic nitrogens is 1. The molecule has 1 aliphatic carbocycles. The van der Waals surface area contributed by atoms with Gasteiger partial charge in [-0.25, -0.2) is 13.4 Å². The minimum Gasteiger partial charge on any atom is -0.370 e. The van der Waals surface area contributed by atoms with E-state index >= 15 is 0 Å². The third kappa shape index (κ3) is 5.07. The van der Waals surface area contributed by atoms with Gasteiger partial charge in [0, 0.05) is 38.4 Å². The summed E-state index contributed by atoms with van der Waals surface area (Å²) in [5.41, 5.74) is 5.86. The van der Waals surface area contributed by atoms with Crippen molar-refractivity contribution in [2.75, 3.05) is 43.4 Å². The second kappa shape index (κ2) is 8.68. The molecule has 2 heterocycles. The number of hydrogen-bond donors (Lipinski definition) is 2. The molecule has 1 saturated carbocycles. The minimum absolute atomic E-state index is 0.0103. The topological polar surface area (TPSA) is 104 Å². The first kappa shape index (κ1) is 18.9. The first-order valence-electron chi connectivity index (χ1n) is 9.25. The number of anilines is 1. The highest BCUT2D eigenvalue weighted by Crippen LogP contribution is 2.17. The van der Waals surface area contributed by atoms with E-state index in [4.69, 9.17) is 5.73 Å². The van der Waals surface area contributed by atoms with Crippen LogP contribution in [0.4, 0.5) is 5.82 Å². The van der Waals surface area contributed by atoms with E-state index in [-0.39, 0.29) is 12.3 Å². The van der Waals surface area contributed by atoms with Gasteiger partial charge in [-0.05, 0) is 25.0 Å². The summed E-state index contributed by atoms with van der Waals surface area (Å²) in [5.74, 6) is 1.23. The number of aliphatic imine (C=N–C) groups is 1. The summed E-state index contributed by atoms with van der Waals surface area (Å²) in [4.78, 5) is 10.6. The first-order chi connectivity index (χ1) is 12.5. The lowest BCUT2D eigenvalue weighted by Gasteiger charge is -2.34. The van der Waals surface area contributed by atoms with Crippen molar-refractivity contribution in [1.82, 2.24) is 14.6 Å². The zero-order chi connectivity index (χ0) is 18.4. The van der Waals surface area contributed by atoms with E-state index in [9.17, 15) is 8.42 Å². The van der Waals surface area contributed by atoms with Crippen LogP contribution in [0.25, 0.3) is 0 Å². The summed E-state index contributed by atoms with van der Waals surface area (Å²) < 4.78 is 26.6. The SMILES string of the molecule is NC(=NCCS(=O)(=O)N1CCN(c2ccccn2)CC1)NC1CCCC1. The van der Waals surface area contributed by atoms with Crippen LogP contribution in [0.15, 0.2) is 29.4 Å². The van der Waals surface area contributed by atoms with Gasteiger partial charge in [-0.2, -0.15) is 4.31 Å². The van der Waals surface area contributed by atoms with Crippen molar-refractivity contribution in [2.24, 2.45) is 10.7 Å². The van der Waals surface area contributed by atoms with Crippen LogP contribution in [0.5, 0.6) is 0 Å². The predicted octanol–water partition coefficient (Wildman–Crippen LogP) is 0.380. The molecule has 9 heteroatoms. The molecule has 8 nitrogen and oxygen atoms in total. The Kier molecular flexibility index (Phi) is 6.31. The summed E-state index contributed by atoms with van der Waals surface area (Å²) in [6, 6.07) is 6.14. The molecule has 2 fully saturated rings. The van der Waals surface area contributed by atoms with E-state index in [1.54, 1.807) is 10.5 Å². The van der Waals surface area contributed by atoms with Gasteiger partial charge in [0.15, 0.2) is 5.96 Å². The van der Waals surface area contributed by atoms with Crippen LogP contribution in [0.1, 0.15) is 25.7 Å². The van der Waals surface area contributed by atoms with Crippen LogP contribution in [0.2, 0.25) is 0 Å². The number of nitrogens with two attached hydrogens (primary N) is 1. The average Bonchev–Trinajstić information content (AvgIpc) is 3.15. The Labute approximate surface area is 155 Å². The molecule has 1 aromatic heterocycles. The van der Waals surface area contributed by atoms with Gasteiger partial charge in [-0.1, -0.05) is 18.9 Å². The summed E-state index contributed by atoms with van der Waals surface area (Å²) >= 11 is 0. The zero-order valence-electron chi connectivity index (χ0n) is 15.0. The van der Waals surface area contributed by atoms with Gasteiger partial charge in [0.25, 0.3) is 0 Å². The Morgan fingerprint density at radius 1 is 1.23 bits per heavy atom. The fourth-order valence-electron chi connectivity index (χ4n) is 3.47. The molecule has 0 atom stereocenters. The monoisotopic (exact) mass is 380 g/mol. The number of piperazine rings is 1. The van der Waals surface area contributed by atoms with Gasteiger partial charge in [-0.15, -0.1) is 0 Å². The average molecular weight is 381 g/mol. The quantitative estimate of drug-likeness (QED) is 0.546. The molecule has 0 amide bonds. The Hall–Kier alpha value is -1.87. The summed E-state index contributed by atoms with van der Waals surface area (Å²) in [6.45, 7) is 2.42. The molecule has 1 aliphatic heterocycles. The molecule has 0 radical (unpaired) electrons. The van der Waals surface area contributed by atoms with Crippen molar-refractivity contribution >= 4 is 21.8 Å². The predicted molar refractivity (Wildman–Crippen MR) is 104 cm³/mol. The van der Waals surface area contributed by atoms with Gasteiger partial charge >= 0.3 is 0 Å². The number of rotatable bonds is 6. The highest BCUT2D eigenvalue weighted by molar-refractivity contribution is 7.89. The van der Waals surface area contributed by atoms with Crippen LogP contribution < -0.4 is 16.0 Å². The molecule has 0 spiro atoms. The second-order valence-corrected chi connectivity index (χ2v) is 8.87. The van der Waals surface area contributed by atoms with Crippen LogP contribution in [0.3, 0.4) is 0 Å². The van der Waals surface area contributed by atoms with Crippen molar-refractivity contribution in [3.63, 3.8) is 0 Å². The molecule has 3 N–H and O–H groups in total. The van der Waals surface area contributed by atoms with Gasteiger partial charge in [-0.3, -0.25) is 4.99 Å². The van der Waals surface area contributed by atoms with Crippen LogP contribution in [-0.2, 0) is 10.0 Å². The summed E-state index contributed by atoms with van der Waals surface area (Å²) in [6.07, 6.45) is 6.39. The van der Waals surface area contributed by atoms with E-state index in [2.05, 4.69) is 20.2 Å². The molecule has 26 heavy (non-hydrogen) atoms. The lowest BCUT2D eigenvalue weighted by atomic mass is 10.3. The van der Waals surface area contributed by atoms with Crippen LogP contribution >= 0.6 is 0 Å². The highest BCUT2D eigenvalue weighted by atomic mass is 32.2. The van der Waals surface area contributed by atoms with Crippen molar-refractivity contribution in [1.29, 1.82) is 0 Å². The number of nitrogens with one attached hydrogen (secondary N) is 1. The molecule has 2 aliphatic rings. The number of guanidine groups is 1. The van der Waals surface area contributed by atoms with E-state index in [1.165, 1.54) is 12.8 Å². The molecular weight excluding hydrogens is 352 g/mol. The number of hydrogen-bond acceptors (Lipinski definition) is 5. The lowest BCUT2D eigenvalue weighted by molar-refractivity contribution is 0.384. The molecule has 144 valence electrons. The maximum Gasteiger partial charge on any atom is 0.216 e. The number of pyridine rings is 1. The maximum atomic E-state index is 12.5. The normalized spacial score (nSPS) is 20.5. The minimum atomic E-state index is -3.32. The second-order valence-electron chi connectivity index (χ2n) is 6.78. The van der Waals surface area contributed by atoms with Gasteiger partial charge in [0.05, 0.1) is 12.3 Å².